The fourth-order valence-electron chi connectivity index (χ4n) is 2.71. The average Bonchev–Trinajstić information content (AvgIpc) is 2.65. The minimum absolute atomic E-state index is 0.0964. The van der Waals surface area contributed by atoms with Gasteiger partial charge in [-0.2, -0.15) is 0 Å². The summed E-state index contributed by atoms with van der Waals surface area (Å²) in [5, 5.41) is 18.5. The van der Waals surface area contributed by atoms with Crippen molar-refractivity contribution in [1.29, 1.82) is 0 Å². The molecule has 0 aromatic rings. The zero-order valence-corrected chi connectivity index (χ0v) is 13.3. The van der Waals surface area contributed by atoms with Gasteiger partial charge in [-0.25, -0.2) is 9.59 Å². The third kappa shape index (κ3) is 4.22. The fraction of sp³-hybridized carbons (Fsp3) is 0.667. The summed E-state index contributed by atoms with van der Waals surface area (Å²) < 4.78 is 5.23. The van der Waals surface area contributed by atoms with E-state index in [2.05, 4.69) is 6.58 Å². The maximum Gasteiger partial charge on any atom is 0.411 e. The van der Waals surface area contributed by atoms with Crippen LogP contribution in [0.25, 0.3) is 0 Å². The van der Waals surface area contributed by atoms with Gasteiger partial charge in [0.15, 0.2) is 0 Å². The first-order valence-corrected chi connectivity index (χ1v) is 7.03. The van der Waals surface area contributed by atoms with Gasteiger partial charge < -0.3 is 14.9 Å². The number of carboxylic acid groups (broad SMARTS) is 2. The van der Waals surface area contributed by atoms with Crippen LogP contribution in [0.1, 0.15) is 34.1 Å². The smallest absolute Gasteiger partial charge is 0.411 e. The predicted molar refractivity (Wildman–Crippen MR) is 78.4 cm³/mol. The molecule has 124 valence electrons. The first-order chi connectivity index (χ1) is 9.94. The van der Waals surface area contributed by atoms with Gasteiger partial charge in [0.25, 0.3) is 0 Å². The molecule has 0 aromatic heterocycles. The summed E-state index contributed by atoms with van der Waals surface area (Å²) >= 11 is 0. The minimum Gasteiger partial charge on any atom is -0.481 e. The first kappa shape index (κ1) is 18.0. The van der Waals surface area contributed by atoms with Crippen molar-refractivity contribution in [3.05, 3.63) is 12.2 Å². The zero-order valence-electron chi connectivity index (χ0n) is 13.3. The Morgan fingerprint density at radius 3 is 2.18 bits per heavy atom. The van der Waals surface area contributed by atoms with Gasteiger partial charge in [-0.3, -0.25) is 9.69 Å². The number of carboxylic acids is 2. The normalized spacial score (nSPS) is 24.9. The van der Waals surface area contributed by atoms with Crippen molar-refractivity contribution in [2.45, 2.75) is 45.8 Å². The standard InChI is InChI=1S/C15H23NO6/c1-8(2)10-7-16(14(21)22-15(3,4)5)12(13(19)20)9(10)6-11(17)18/h9-10,12H,1,6-7H2,2-5H3,(H,17,18)(H,19,20)/t9-,10+,12-/m0/s1. The number of carbonyl (C=O) groups is 3. The van der Waals surface area contributed by atoms with E-state index in [9.17, 15) is 19.5 Å². The van der Waals surface area contributed by atoms with Crippen LogP contribution in [-0.4, -0.2) is 51.3 Å². The highest BCUT2D eigenvalue weighted by Gasteiger charge is 2.49. The van der Waals surface area contributed by atoms with E-state index in [1.807, 2.05) is 0 Å². The molecule has 1 heterocycles. The van der Waals surface area contributed by atoms with Gasteiger partial charge in [-0.05, 0) is 27.7 Å². The molecule has 0 unspecified atom stereocenters. The molecule has 1 aliphatic heterocycles. The van der Waals surface area contributed by atoms with Crippen molar-refractivity contribution in [2.24, 2.45) is 11.8 Å². The van der Waals surface area contributed by atoms with Crippen LogP contribution in [0.3, 0.4) is 0 Å². The van der Waals surface area contributed by atoms with E-state index in [0.29, 0.717) is 5.57 Å². The highest BCUT2D eigenvalue weighted by atomic mass is 16.6. The SMILES string of the molecule is C=C(C)[C@H]1CN(C(=O)OC(C)(C)C)[C@H](C(=O)O)[C@H]1CC(=O)O. The maximum absolute atomic E-state index is 12.2. The largest absolute Gasteiger partial charge is 0.481 e. The number of ether oxygens (including phenoxy) is 1. The molecule has 1 saturated heterocycles. The van der Waals surface area contributed by atoms with Gasteiger partial charge in [0.1, 0.15) is 11.6 Å². The Kier molecular flexibility index (Phi) is 5.22. The molecule has 0 bridgehead atoms. The second-order valence-corrected chi connectivity index (χ2v) is 6.63. The number of amides is 1. The summed E-state index contributed by atoms with van der Waals surface area (Å²) in [7, 11) is 0. The third-order valence-corrected chi connectivity index (χ3v) is 3.58. The molecule has 7 nitrogen and oxygen atoms in total. The topological polar surface area (TPSA) is 104 Å². The summed E-state index contributed by atoms with van der Waals surface area (Å²) in [5.74, 6) is -3.45. The van der Waals surface area contributed by atoms with E-state index in [1.165, 1.54) is 0 Å². The van der Waals surface area contributed by atoms with Gasteiger partial charge in [0, 0.05) is 18.4 Å². The molecule has 0 aliphatic carbocycles. The number of carbonyl (C=O) groups excluding carboxylic acids is 1. The molecule has 2 N–H and O–H groups in total. The number of likely N-dealkylation sites (tertiary alicyclic amines) is 1. The quantitative estimate of drug-likeness (QED) is 0.769. The number of nitrogens with zero attached hydrogens (tertiary/aromatic N) is 1. The second-order valence-electron chi connectivity index (χ2n) is 6.63. The van der Waals surface area contributed by atoms with Gasteiger partial charge in [-0.15, -0.1) is 0 Å². The first-order valence-electron chi connectivity index (χ1n) is 7.03. The molecule has 7 heteroatoms. The number of hydrogen-bond donors (Lipinski definition) is 2. The molecule has 0 aromatic carbocycles. The van der Waals surface area contributed by atoms with Crippen LogP contribution in [0.15, 0.2) is 12.2 Å². The highest BCUT2D eigenvalue weighted by molar-refractivity contribution is 5.82. The fourth-order valence-corrected chi connectivity index (χ4v) is 2.71. The van der Waals surface area contributed by atoms with Gasteiger partial charge >= 0.3 is 18.0 Å². The minimum atomic E-state index is -1.24. The summed E-state index contributed by atoms with van der Waals surface area (Å²) in [4.78, 5) is 35.9. The van der Waals surface area contributed by atoms with Crippen molar-refractivity contribution < 1.29 is 29.3 Å². The average molecular weight is 313 g/mol. The Labute approximate surface area is 129 Å². The predicted octanol–water partition coefficient (Wildman–Crippen LogP) is 1.97. The third-order valence-electron chi connectivity index (χ3n) is 3.58. The molecule has 1 aliphatic rings. The molecule has 0 radical (unpaired) electrons. The van der Waals surface area contributed by atoms with E-state index in [4.69, 9.17) is 9.84 Å². The van der Waals surface area contributed by atoms with E-state index in [-0.39, 0.29) is 18.9 Å². The Hall–Kier alpha value is -2.05. The Bertz CT molecular complexity index is 493. The summed E-state index contributed by atoms with van der Waals surface area (Å²) in [6.45, 7) is 10.6. The van der Waals surface area contributed by atoms with Crippen LogP contribution in [0.2, 0.25) is 0 Å². The van der Waals surface area contributed by atoms with Crippen LogP contribution in [0.4, 0.5) is 4.79 Å². The van der Waals surface area contributed by atoms with Crippen LogP contribution in [-0.2, 0) is 14.3 Å². The van der Waals surface area contributed by atoms with Crippen molar-refractivity contribution in [3.63, 3.8) is 0 Å². The molecule has 1 fully saturated rings. The molecular formula is C15H23NO6. The van der Waals surface area contributed by atoms with Crippen molar-refractivity contribution in [1.82, 2.24) is 4.90 Å². The van der Waals surface area contributed by atoms with E-state index < -0.39 is 35.6 Å². The number of rotatable bonds is 4. The Morgan fingerprint density at radius 1 is 1.27 bits per heavy atom. The Morgan fingerprint density at radius 2 is 1.82 bits per heavy atom. The van der Waals surface area contributed by atoms with E-state index >= 15 is 0 Å². The molecule has 0 saturated carbocycles. The van der Waals surface area contributed by atoms with Gasteiger partial charge in [0.2, 0.25) is 0 Å². The summed E-state index contributed by atoms with van der Waals surface area (Å²) in [5.41, 5.74) is -0.104. The molecular weight excluding hydrogens is 290 g/mol. The van der Waals surface area contributed by atoms with Gasteiger partial charge in [-0.1, -0.05) is 12.2 Å². The Balaban J connectivity index is 3.11. The number of hydrogen-bond acceptors (Lipinski definition) is 4. The van der Waals surface area contributed by atoms with E-state index in [1.54, 1.807) is 27.7 Å². The van der Waals surface area contributed by atoms with Crippen LogP contribution >= 0.6 is 0 Å². The lowest BCUT2D eigenvalue weighted by Crippen LogP contribution is -2.45. The molecule has 22 heavy (non-hydrogen) atoms. The van der Waals surface area contributed by atoms with Crippen molar-refractivity contribution in [3.8, 4) is 0 Å². The van der Waals surface area contributed by atoms with Gasteiger partial charge in [0.05, 0.1) is 6.42 Å². The van der Waals surface area contributed by atoms with Crippen LogP contribution < -0.4 is 0 Å². The van der Waals surface area contributed by atoms with Crippen molar-refractivity contribution >= 4 is 18.0 Å². The zero-order chi connectivity index (χ0) is 17.2. The second kappa shape index (κ2) is 6.37. The lowest BCUT2D eigenvalue weighted by Gasteiger charge is -2.28. The van der Waals surface area contributed by atoms with Crippen LogP contribution in [0.5, 0.6) is 0 Å². The summed E-state index contributed by atoms with van der Waals surface area (Å²) in [6, 6.07) is -1.23. The lowest BCUT2D eigenvalue weighted by atomic mass is 9.84. The number of aliphatic carboxylic acids is 2. The molecule has 0 spiro atoms. The lowest BCUT2D eigenvalue weighted by molar-refractivity contribution is -0.145. The maximum atomic E-state index is 12.2. The monoisotopic (exact) mass is 313 g/mol. The highest BCUT2D eigenvalue weighted by Crippen LogP contribution is 2.37. The molecule has 1 amide bonds. The van der Waals surface area contributed by atoms with E-state index in [0.717, 1.165) is 4.90 Å². The van der Waals surface area contributed by atoms with Crippen molar-refractivity contribution in [2.75, 3.05) is 6.54 Å². The molecule has 3 atom stereocenters. The summed E-state index contributed by atoms with van der Waals surface area (Å²) in [6.07, 6.45) is -1.09. The van der Waals surface area contributed by atoms with Crippen LogP contribution in [0, 0.1) is 11.8 Å². The molecule has 1 rings (SSSR count).